The van der Waals surface area contributed by atoms with Crippen LogP contribution in [0, 0.1) is 6.92 Å². The van der Waals surface area contributed by atoms with Gasteiger partial charge in [-0.15, -0.1) is 0 Å². The minimum absolute atomic E-state index is 0.103. The van der Waals surface area contributed by atoms with Gasteiger partial charge in [-0.25, -0.2) is 0 Å². The third-order valence-electron chi connectivity index (χ3n) is 4.75. The standard InChI is InChI=1S/C18H19N3O/c1-13-4-6-14(7-5-13)11-18-12-16-15(3-2-8-19-16)17(22)21(18)10-9-20-18/h2-8,20H,9-12H2,1H3/t18-/m0/s1. The Bertz CT molecular complexity index is 725. The van der Waals surface area contributed by atoms with E-state index in [-0.39, 0.29) is 11.6 Å². The van der Waals surface area contributed by atoms with Crippen LogP contribution < -0.4 is 5.32 Å². The van der Waals surface area contributed by atoms with Crippen LogP contribution in [0.3, 0.4) is 0 Å². The number of nitrogens with zero attached hydrogens (tertiary/aromatic N) is 2. The molecule has 112 valence electrons. The summed E-state index contributed by atoms with van der Waals surface area (Å²) >= 11 is 0. The van der Waals surface area contributed by atoms with Crippen LogP contribution in [0.25, 0.3) is 0 Å². The van der Waals surface area contributed by atoms with Gasteiger partial charge in [-0.1, -0.05) is 29.8 Å². The lowest BCUT2D eigenvalue weighted by Gasteiger charge is -2.42. The average Bonchev–Trinajstić information content (AvgIpc) is 2.94. The molecule has 0 aliphatic carbocycles. The lowest BCUT2D eigenvalue weighted by Crippen LogP contribution is -2.59. The number of aromatic nitrogens is 1. The summed E-state index contributed by atoms with van der Waals surface area (Å²) in [4.78, 5) is 19.2. The normalized spacial score (nSPS) is 23.3. The molecule has 4 rings (SSSR count). The Kier molecular flexibility index (Phi) is 3.01. The first-order valence-corrected chi connectivity index (χ1v) is 7.74. The zero-order chi connectivity index (χ0) is 15.2. The number of pyridine rings is 1. The molecule has 1 aromatic carbocycles. The summed E-state index contributed by atoms with van der Waals surface area (Å²) in [7, 11) is 0. The van der Waals surface area contributed by atoms with Crippen LogP contribution in [0.15, 0.2) is 42.6 Å². The van der Waals surface area contributed by atoms with Crippen molar-refractivity contribution >= 4 is 5.91 Å². The van der Waals surface area contributed by atoms with E-state index in [1.807, 2.05) is 17.0 Å². The van der Waals surface area contributed by atoms with Gasteiger partial charge in [-0.05, 0) is 24.6 Å². The van der Waals surface area contributed by atoms with Gasteiger partial charge in [0, 0.05) is 32.1 Å². The summed E-state index contributed by atoms with van der Waals surface area (Å²) in [6, 6.07) is 12.3. The molecule has 2 aliphatic heterocycles. The molecule has 0 bridgehead atoms. The molecule has 1 aromatic heterocycles. The van der Waals surface area contributed by atoms with Crippen LogP contribution in [0.1, 0.15) is 27.2 Å². The van der Waals surface area contributed by atoms with E-state index in [0.717, 1.165) is 37.2 Å². The molecule has 4 nitrogen and oxygen atoms in total. The van der Waals surface area contributed by atoms with E-state index in [2.05, 4.69) is 41.5 Å². The topological polar surface area (TPSA) is 45.2 Å². The maximum Gasteiger partial charge on any atom is 0.257 e. The van der Waals surface area contributed by atoms with Crippen molar-refractivity contribution in [3.8, 4) is 0 Å². The molecule has 22 heavy (non-hydrogen) atoms. The number of fused-ring (bicyclic) bond motifs is 2. The number of hydrogen-bond donors (Lipinski definition) is 1. The summed E-state index contributed by atoms with van der Waals surface area (Å²) in [5, 5.41) is 3.57. The highest BCUT2D eigenvalue weighted by Gasteiger charge is 2.48. The van der Waals surface area contributed by atoms with Gasteiger partial charge in [0.15, 0.2) is 0 Å². The fraction of sp³-hybridized carbons (Fsp3) is 0.333. The number of benzene rings is 1. The average molecular weight is 293 g/mol. The van der Waals surface area contributed by atoms with Crippen molar-refractivity contribution in [3.63, 3.8) is 0 Å². The van der Waals surface area contributed by atoms with Crippen LogP contribution >= 0.6 is 0 Å². The fourth-order valence-electron chi connectivity index (χ4n) is 3.62. The number of amides is 1. The molecule has 3 heterocycles. The Morgan fingerprint density at radius 1 is 1.27 bits per heavy atom. The molecule has 0 saturated carbocycles. The van der Waals surface area contributed by atoms with Crippen molar-refractivity contribution in [2.75, 3.05) is 13.1 Å². The van der Waals surface area contributed by atoms with Crippen LogP contribution in [-0.2, 0) is 12.8 Å². The van der Waals surface area contributed by atoms with Crippen LogP contribution in [0.2, 0.25) is 0 Å². The summed E-state index contributed by atoms with van der Waals surface area (Å²) in [6.45, 7) is 3.69. The zero-order valence-corrected chi connectivity index (χ0v) is 12.7. The van der Waals surface area contributed by atoms with Crippen molar-refractivity contribution in [1.82, 2.24) is 15.2 Å². The number of nitrogens with one attached hydrogen (secondary N) is 1. The minimum atomic E-state index is -0.326. The van der Waals surface area contributed by atoms with Crippen molar-refractivity contribution in [2.45, 2.75) is 25.4 Å². The summed E-state index contributed by atoms with van der Waals surface area (Å²) in [5.41, 5.74) is 3.84. The lowest BCUT2D eigenvalue weighted by molar-refractivity contribution is 0.0507. The first-order valence-electron chi connectivity index (χ1n) is 7.74. The molecule has 1 N–H and O–H groups in total. The van der Waals surface area contributed by atoms with E-state index in [1.54, 1.807) is 6.20 Å². The van der Waals surface area contributed by atoms with Crippen LogP contribution in [0.4, 0.5) is 0 Å². The Balaban J connectivity index is 1.73. The quantitative estimate of drug-likeness (QED) is 0.920. The van der Waals surface area contributed by atoms with Crippen molar-refractivity contribution in [1.29, 1.82) is 0 Å². The summed E-state index contributed by atoms with van der Waals surface area (Å²) < 4.78 is 0. The summed E-state index contributed by atoms with van der Waals surface area (Å²) in [5.74, 6) is 0.103. The zero-order valence-electron chi connectivity index (χ0n) is 12.7. The van der Waals surface area contributed by atoms with Crippen molar-refractivity contribution < 1.29 is 4.79 Å². The Morgan fingerprint density at radius 2 is 2.09 bits per heavy atom. The number of rotatable bonds is 2. The molecule has 1 saturated heterocycles. The monoisotopic (exact) mass is 293 g/mol. The van der Waals surface area contributed by atoms with Gasteiger partial charge < -0.3 is 4.90 Å². The van der Waals surface area contributed by atoms with E-state index in [4.69, 9.17) is 0 Å². The van der Waals surface area contributed by atoms with E-state index < -0.39 is 0 Å². The van der Waals surface area contributed by atoms with E-state index >= 15 is 0 Å². The Hall–Kier alpha value is -2.20. The third-order valence-corrected chi connectivity index (χ3v) is 4.75. The SMILES string of the molecule is Cc1ccc(C[C@@]23Cc4ncccc4C(=O)N2CCN3)cc1. The first kappa shape index (κ1) is 13.5. The Labute approximate surface area is 130 Å². The molecule has 2 aliphatic rings. The molecule has 1 amide bonds. The van der Waals surface area contributed by atoms with Crippen molar-refractivity contribution in [2.24, 2.45) is 0 Å². The van der Waals surface area contributed by atoms with Gasteiger partial charge in [-0.3, -0.25) is 15.1 Å². The molecule has 4 heteroatoms. The lowest BCUT2D eigenvalue weighted by atomic mass is 9.88. The third kappa shape index (κ3) is 2.03. The second-order valence-corrected chi connectivity index (χ2v) is 6.25. The van der Waals surface area contributed by atoms with Crippen LogP contribution in [0.5, 0.6) is 0 Å². The highest BCUT2D eigenvalue weighted by molar-refractivity contribution is 5.97. The first-order chi connectivity index (χ1) is 10.7. The maximum absolute atomic E-state index is 12.8. The fourth-order valence-corrected chi connectivity index (χ4v) is 3.62. The van der Waals surface area contributed by atoms with Gasteiger partial charge in [0.25, 0.3) is 5.91 Å². The molecule has 1 fully saturated rings. The Morgan fingerprint density at radius 3 is 2.91 bits per heavy atom. The summed E-state index contributed by atoms with van der Waals surface area (Å²) in [6.07, 6.45) is 3.36. The molecule has 0 radical (unpaired) electrons. The molecular weight excluding hydrogens is 274 g/mol. The largest absolute Gasteiger partial charge is 0.318 e. The molecule has 2 aromatic rings. The van der Waals surface area contributed by atoms with Gasteiger partial charge in [-0.2, -0.15) is 0 Å². The van der Waals surface area contributed by atoms with E-state index in [9.17, 15) is 4.79 Å². The highest BCUT2D eigenvalue weighted by Crippen LogP contribution is 2.33. The van der Waals surface area contributed by atoms with Gasteiger partial charge >= 0.3 is 0 Å². The number of carbonyl (C=O) groups excluding carboxylic acids is 1. The van der Waals surface area contributed by atoms with Crippen molar-refractivity contribution in [3.05, 3.63) is 65.0 Å². The minimum Gasteiger partial charge on any atom is -0.318 e. The maximum atomic E-state index is 12.8. The molecule has 0 unspecified atom stereocenters. The predicted octanol–water partition coefficient (Wildman–Crippen LogP) is 1.93. The highest BCUT2D eigenvalue weighted by atomic mass is 16.2. The second-order valence-electron chi connectivity index (χ2n) is 6.25. The van der Waals surface area contributed by atoms with Gasteiger partial charge in [0.1, 0.15) is 5.66 Å². The molecule has 0 spiro atoms. The molecular formula is C18H19N3O. The smallest absolute Gasteiger partial charge is 0.257 e. The van der Waals surface area contributed by atoms with Crippen LogP contribution in [-0.4, -0.2) is 34.5 Å². The number of carbonyl (C=O) groups is 1. The number of hydrogen-bond acceptors (Lipinski definition) is 3. The second kappa shape index (κ2) is 4.92. The number of aryl methyl sites for hydroxylation is 1. The van der Waals surface area contributed by atoms with E-state index in [0.29, 0.717) is 0 Å². The van der Waals surface area contributed by atoms with E-state index in [1.165, 1.54) is 11.1 Å². The van der Waals surface area contributed by atoms with Gasteiger partial charge in [0.2, 0.25) is 0 Å². The molecule has 1 atom stereocenters. The van der Waals surface area contributed by atoms with Gasteiger partial charge in [0.05, 0.1) is 11.3 Å². The predicted molar refractivity (Wildman–Crippen MR) is 84.6 cm³/mol.